The first kappa shape index (κ1) is 15.0. The summed E-state index contributed by atoms with van der Waals surface area (Å²) in [6.45, 7) is 6.68. The molecule has 1 atom stereocenters. The van der Waals surface area contributed by atoms with Crippen molar-refractivity contribution >= 4 is 11.9 Å². The average molecular weight is 262 g/mol. The van der Waals surface area contributed by atoms with E-state index in [0.717, 1.165) is 5.56 Å². The molecule has 0 saturated carbocycles. The van der Waals surface area contributed by atoms with Crippen molar-refractivity contribution in [1.82, 2.24) is 0 Å². The molecule has 0 aliphatic heterocycles. The van der Waals surface area contributed by atoms with Gasteiger partial charge in [-0.1, -0.05) is 36.9 Å². The number of carbonyl (C=O) groups is 2. The number of rotatable bonds is 6. The fraction of sp³-hybridized carbons (Fsp3) is 0.333. The van der Waals surface area contributed by atoms with Gasteiger partial charge in [0, 0.05) is 20.3 Å². The minimum absolute atomic E-state index is 0.139. The van der Waals surface area contributed by atoms with Crippen LogP contribution >= 0.6 is 0 Å². The van der Waals surface area contributed by atoms with E-state index in [-0.39, 0.29) is 18.5 Å². The van der Waals surface area contributed by atoms with Crippen LogP contribution in [0.4, 0.5) is 0 Å². The topological polar surface area (TPSA) is 52.6 Å². The Morgan fingerprint density at radius 3 is 2.32 bits per heavy atom. The average Bonchev–Trinajstić information content (AvgIpc) is 2.36. The predicted octanol–water partition coefficient (Wildman–Crippen LogP) is 2.80. The zero-order valence-corrected chi connectivity index (χ0v) is 11.2. The monoisotopic (exact) mass is 262 g/mol. The summed E-state index contributed by atoms with van der Waals surface area (Å²) in [6.07, 6.45) is 0.0263. The third-order valence-corrected chi connectivity index (χ3v) is 2.43. The van der Waals surface area contributed by atoms with Gasteiger partial charge in [0.25, 0.3) is 0 Å². The molecule has 0 bridgehead atoms. The number of hydrogen-bond acceptors (Lipinski definition) is 4. The lowest BCUT2D eigenvalue weighted by Gasteiger charge is -2.18. The zero-order valence-electron chi connectivity index (χ0n) is 11.2. The molecule has 19 heavy (non-hydrogen) atoms. The Kier molecular flexibility index (Phi) is 5.79. The summed E-state index contributed by atoms with van der Waals surface area (Å²) < 4.78 is 10.1. The lowest BCUT2D eigenvalue weighted by atomic mass is 10.0. The fourth-order valence-electron chi connectivity index (χ4n) is 1.62. The number of ether oxygens (including phenoxy) is 2. The molecule has 1 rings (SSSR count). The molecule has 0 aliphatic rings. The van der Waals surface area contributed by atoms with E-state index in [2.05, 4.69) is 6.58 Å². The highest BCUT2D eigenvalue weighted by atomic mass is 16.5. The van der Waals surface area contributed by atoms with E-state index in [1.54, 1.807) is 0 Å². The number of benzene rings is 1. The molecule has 0 amide bonds. The van der Waals surface area contributed by atoms with E-state index in [1.165, 1.54) is 13.8 Å². The van der Waals surface area contributed by atoms with Crippen molar-refractivity contribution in [2.75, 3.05) is 6.61 Å². The van der Waals surface area contributed by atoms with Gasteiger partial charge in [-0.3, -0.25) is 9.59 Å². The Hall–Kier alpha value is -2.10. The van der Waals surface area contributed by atoms with Crippen LogP contribution in [-0.4, -0.2) is 18.5 Å². The molecule has 0 radical (unpaired) electrons. The first-order valence-electron chi connectivity index (χ1n) is 6.01. The minimum atomic E-state index is -0.401. The van der Waals surface area contributed by atoms with Gasteiger partial charge in [0.2, 0.25) is 0 Å². The van der Waals surface area contributed by atoms with E-state index in [0.29, 0.717) is 12.0 Å². The molecule has 1 aromatic carbocycles. The molecule has 0 saturated heterocycles. The standard InChI is InChI=1S/C15H18O4/c1-11(10-18-12(2)16)9-15(19-13(3)17)14-7-5-4-6-8-14/h4-8,15H,1,9-10H2,2-3H3. The smallest absolute Gasteiger partial charge is 0.303 e. The summed E-state index contributed by atoms with van der Waals surface area (Å²) in [5, 5.41) is 0. The summed E-state index contributed by atoms with van der Waals surface area (Å²) >= 11 is 0. The van der Waals surface area contributed by atoms with Gasteiger partial charge in [-0.05, 0) is 11.1 Å². The van der Waals surface area contributed by atoms with Gasteiger partial charge in [0.15, 0.2) is 0 Å². The van der Waals surface area contributed by atoms with Crippen molar-refractivity contribution in [3.8, 4) is 0 Å². The number of carbonyl (C=O) groups excluding carboxylic acids is 2. The van der Waals surface area contributed by atoms with Crippen molar-refractivity contribution in [2.24, 2.45) is 0 Å². The van der Waals surface area contributed by atoms with Gasteiger partial charge < -0.3 is 9.47 Å². The molecule has 0 spiro atoms. The maximum Gasteiger partial charge on any atom is 0.303 e. The first-order chi connectivity index (χ1) is 8.99. The lowest BCUT2D eigenvalue weighted by molar-refractivity contribution is -0.147. The maximum atomic E-state index is 11.1. The highest BCUT2D eigenvalue weighted by molar-refractivity contribution is 5.66. The van der Waals surface area contributed by atoms with Crippen LogP contribution in [0.1, 0.15) is 31.9 Å². The molecule has 0 aromatic heterocycles. The first-order valence-corrected chi connectivity index (χ1v) is 6.01. The molecular formula is C15H18O4. The fourth-order valence-corrected chi connectivity index (χ4v) is 1.62. The summed E-state index contributed by atoms with van der Waals surface area (Å²) in [5.74, 6) is -0.709. The van der Waals surface area contributed by atoms with Crippen molar-refractivity contribution in [1.29, 1.82) is 0 Å². The number of esters is 2. The van der Waals surface area contributed by atoms with E-state index >= 15 is 0 Å². The van der Waals surface area contributed by atoms with Crippen LogP contribution in [0.2, 0.25) is 0 Å². The van der Waals surface area contributed by atoms with Crippen LogP contribution in [0.5, 0.6) is 0 Å². The molecule has 0 fully saturated rings. The van der Waals surface area contributed by atoms with Gasteiger partial charge in [-0.15, -0.1) is 0 Å². The molecule has 4 nitrogen and oxygen atoms in total. The third kappa shape index (κ3) is 5.86. The SMILES string of the molecule is C=C(COC(C)=O)CC(OC(C)=O)c1ccccc1. The lowest BCUT2D eigenvalue weighted by Crippen LogP contribution is -2.12. The Morgan fingerprint density at radius 1 is 1.16 bits per heavy atom. The third-order valence-electron chi connectivity index (χ3n) is 2.43. The molecule has 102 valence electrons. The summed E-state index contributed by atoms with van der Waals surface area (Å²) in [4.78, 5) is 21.9. The minimum Gasteiger partial charge on any atom is -0.461 e. The zero-order chi connectivity index (χ0) is 14.3. The molecule has 1 aromatic rings. The van der Waals surface area contributed by atoms with Gasteiger partial charge in [-0.25, -0.2) is 0 Å². The van der Waals surface area contributed by atoms with Crippen LogP contribution in [0.25, 0.3) is 0 Å². The van der Waals surface area contributed by atoms with Crippen LogP contribution in [-0.2, 0) is 19.1 Å². The molecule has 0 N–H and O–H groups in total. The second-order valence-corrected chi connectivity index (χ2v) is 4.24. The maximum absolute atomic E-state index is 11.1. The molecule has 0 aliphatic carbocycles. The second-order valence-electron chi connectivity index (χ2n) is 4.24. The summed E-state index contributed by atoms with van der Waals surface area (Å²) in [7, 11) is 0. The van der Waals surface area contributed by atoms with Crippen molar-refractivity contribution in [3.05, 3.63) is 48.0 Å². The Morgan fingerprint density at radius 2 is 1.79 bits per heavy atom. The summed E-state index contributed by atoms with van der Waals surface area (Å²) in [6, 6.07) is 9.41. The molecule has 1 unspecified atom stereocenters. The van der Waals surface area contributed by atoms with Crippen molar-refractivity contribution in [2.45, 2.75) is 26.4 Å². The van der Waals surface area contributed by atoms with E-state index in [9.17, 15) is 9.59 Å². The van der Waals surface area contributed by atoms with E-state index in [4.69, 9.17) is 9.47 Å². The van der Waals surface area contributed by atoms with Crippen molar-refractivity contribution in [3.63, 3.8) is 0 Å². The van der Waals surface area contributed by atoms with E-state index < -0.39 is 6.10 Å². The van der Waals surface area contributed by atoms with E-state index in [1.807, 2.05) is 30.3 Å². The molecular weight excluding hydrogens is 244 g/mol. The number of hydrogen-bond donors (Lipinski definition) is 0. The van der Waals surface area contributed by atoms with Crippen LogP contribution in [0.15, 0.2) is 42.5 Å². The normalized spacial score (nSPS) is 11.5. The quantitative estimate of drug-likeness (QED) is 0.584. The van der Waals surface area contributed by atoms with Crippen LogP contribution < -0.4 is 0 Å². The predicted molar refractivity (Wildman–Crippen MR) is 71.3 cm³/mol. The van der Waals surface area contributed by atoms with Crippen molar-refractivity contribution < 1.29 is 19.1 Å². The highest BCUT2D eigenvalue weighted by Crippen LogP contribution is 2.24. The molecule has 0 heterocycles. The Labute approximate surface area is 113 Å². The van der Waals surface area contributed by atoms with Gasteiger partial charge in [0.05, 0.1) is 0 Å². The largest absolute Gasteiger partial charge is 0.461 e. The van der Waals surface area contributed by atoms with Gasteiger partial charge in [0.1, 0.15) is 12.7 Å². The second kappa shape index (κ2) is 7.36. The molecule has 4 heteroatoms. The Bertz CT molecular complexity index is 450. The highest BCUT2D eigenvalue weighted by Gasteiger charge is 2.16. The van der Waals surface area contributed by atoms with Gasteiger partial charge >= 0.3 is 11.9 Å². The van der Waals surface area contributed by atoms with Gasteiger partial charge in [-0.2, -0.15) is 0 Å². The van der Waals surface area contributed by atoms with Crippen LogP contribution in [0.3, 0.4) is 0 Å². The Balaban J connectivity index is 2.67. The van der Waals surface area contributed by atoms with Crippen LogP contribution in [0, 0.1) is 0 Å². The summed E-state index contributed by atoms with van der Waals surface area (Å²) in [5.41, 5.74) is 1.59.